The van der Waals surface area contributed by atoms with Crippen molar-refractivity contribution in [2.45, 2.75) is 54.1 Å². The molecule has 0 radical (unpaired) electrons. The maximum absolute atomic E-state index is 13.8. The van der Waals surface area contributed by atoms with E-state index in [0.29, 0.717) is 12.1 Å². The summed E-state index contributed by atoms with van der Waals surface area (Å²) >= 11 is 0. The highest BCUT2D eigenvalue weighted by molar-refractivity contribution is 5.90. The molecule has 1 aromatic carbocycles. The Morgan fingerprint density at radius 3 is 1.51 bits per heavy atom. The van der Waals surface area contributed by atoms with Crippen molar-refractivity contribution in [3.63, 3.8) is 0 Å². The van der Waals surface area contributed by atoms with Crippen molar-refractivity contribution in [2.75, 3.05) is 6.61 Å². The smallest absolute Gasteiger partial charge is 0.460 e. The van der Waals surface area contributed by atoms with Gasteiger partial charge in [-0.3, -0.25) is 10.1 Å². The third kappa shape index (κ3) is 5.24. The van der Waals surface area contributed by atoms with Crippen molar-refractivity contribution in [1.82, 2.24) is 0 Å². The third-order valence-corrected chi connectivity index (χ3v) is 4.73. The van der Waals surface area contributed by atoms with Gasteiger partial charge in [0.25, 0.3) is 5.69 Å². The van der Waals surface area contributed by atoms with Crippen LogP contribution < -0.4 is 0 Å². The maximum Gasteiger partial charge on any atom is 0.460 e. The van der Waals surface area contributed by atoms with Gasteiger partial charge in [0.05, 0.1) is 23.5 Å². The number of halogens is 17. The number of nitro groups is 1. The van der Waals surface area contributed by atoms with Crippen LogP contribution in [0.4, 0.5) is 80.3 Å². The highest BCUT2D eigenvalue weighted by Crippen LogP contribution is 2.64. The second-order valence-corrected chi connectivity index (χ2v) is 7.34. The zero-order valence-electron chi connectivity index (χ0n) is 17.7. The molecule has 0 saturated heterocycles. The molecule has 0 bridgehead atoms. The largest absolute Gasteiger partial charge is 0.462 e. The van der Waals surface area contributed by atoms with Gasteiger partial charge in [0.1, 0.15) is 0 Å². The topological polar surface area (TPSA) is 69.4 Å². The van der Waals surface area contributed by atoms with E-state index in [9.17, 15) is 89.5 Å². The molecule has 0 unspecified atom stereocenters. The van der Waals surface area contributed by atoms with Crippen LogP contribution in [0.2, 0.25) is 0 Å². The summed E-state index contributed by atoms with van der Waals surface area (Å²) in [6, 6.07) is 2.70. The Morgan fingerprint density at radius 2 is 1.10 bits per heavy atom. The van der Waals surface area contributed by atoms with Gasteiger partial charge in [0.2, 0.25) is 0 Å². The molecule has 1 rings (SSSR count). The van der Waals surface area contributed by atoms with E-state index in [2.05, 4.69) is 4.74 Å². The molecule has 0 heterocycles. The van der Waals surface area contributed by atoms with E-state index < -0.39 is 82.8 Å². The third-order valence-electron chi connectivity index (χ3n) is 4.73. The number of benzene rings is 1. The van der Waals surface area contributed by atoms with Crippen LogP contribution in [0, 0.1) is 10.1 Å². The lowest BCUT2D eigenvalue weighted by Crippen LogP contribution is -2.74. The number of carbonyl (C=O) groups is 1. The fourth-order valence-corrected chi connectivity index (χ4v) is 2.46. The van der Waals surface area contributed by atoms with Gasteiger partial charge in [-0.2, -0.15) is 74.6 Å². The zero-order valence-corrected chi connectivity index (χ0v) is 17.7. The first-order valence-corrected chi connectivity index (χ1v) is 9.17. The van der Waals surface area contributed by atoms with Gasteiger partial charge >= 0.3 is 53.6 Å². The van der Waals surface area contributed by atoms with Crippen molar-refractivity contribution in [1.29, 1.82) is 0 Å². The minimum Gasteiger partial charge on any atom is -0.462 e. The van der Waals surface area contributed by atoms with Crippen molar-refractivity contribution >= 4 is 11.7 Å². The predicted octanol–water partition coefficient (Wildman–Crippen LogP) is 7.15. The number of carbonyl (C=O) groups excluding carboxylic acids is 1. The Bertz CT molecular complexity index is 1080. The van der Waals surface area contributed by atoms with Crippen molar-refractivity contribution in [3.8, 4) is 0 Å². The highest BCUT2D eigenvalue weighted by Gasteiger charge is 2.95. The van der Waals surface area contributed by atoms with Crippen LogP contribution in [0.5, 0.6) is 0 Å². The summed E-state index contributed by atoms with van der Waals surface area (Å²) in [5, 5.41) is 10.6. The Labute approximate surface area is 202 Å². The van der Waals surface area contributed by atoms with E-state index in [1.165, 1.54) is 0 Å². The monoisotopic (exact) mass is 613 g/mol. The minimum atomic E-state index is -8.74. The summed E-state index contributed by atoms with van der Waals surface area (Å²) < 4.78 is 228. The molecule has 39 heavy (non-hydrogen) atoms. The number of alkyl halides is 17. The Kier molecular flexibility index (Phi) is 8.55. The molecule has 0 aliphatic rings. The Balaban J connectivity index is 3.29. The lowest BCUT2D eigenvalue weighted by Gasteiger charge is -2.42. The van der Waals surface area contributed by atoms with Crippen molar-refractivity contribution in [2.24, 2.45) is 0 Å². The number of hydrogen-bond donors (Lipinski definition) is 0. The average Bonchev–Trinajstić information content (AvgIpc) is 2.77. The molecule has 0 aliphatic carbocycles. The number of nitrogens with zero attached hydrogens (tertiary/aromatic N) is 1. The number of nitro benzene ring substituents is 1. The summed E-state index contributed by atoms with van der Waals surface area (Å²) in [4.78, 5) is 21.1. The molecule has 0 saturated carbocycles. The van der Waals surface area contributed by atoms with E-state index in [-0.39, 0.29) is 0 Å². The fourth-order valence-electron chi connectivity index (χ4n) is 2.46. The van der Waals surface area contributed by atoms with Crippen molar-refractivity contribution in [3.05, 3.63) is 39.9 Å². The van der Waals surface area contributed by atoms with Gasteiger partial charge in [-0.15, -0.1) is 0 Å². The van der Waals surface area contributed by atoms with Gasteiger partial charge in [0.15, 0.2) is 0 Å². The molecule has 0 spiro atoms. The Morgan fingerprint density at radius 1 is 0.692 bits per heavy atom. The molecular weight excluding hydrogens is 605 g/mol. The molecule has 0 N–H and O–H groups in total. The summed E-state index contributed by atoms with van der Waals surface area (Å²) in [5.41, 5.74) is -1.67. The first-order valence-electron chi connectivity index (χ1n) is 9.17. The summed E-state index contributed by atoms with van der Waals surface area (Å²) in [5.74, 6) is -59.2. The summed E-state index contributed by atoms with van der Waals surface area (Å²) in [6.07, 6.45) is -10.8. The number of esters is 1. The molecule has 0 amide bonds. The first kappa shape index (κ1) is 33.9. The molecule has 0 aromatic heterocycles. The van der Waals surface area contributed by atoms with Crippen LogP contribution in [-0.2, 0) is 4.74 Å². The molecule has 0 aliphatic heterocycles. The average molecular weight is 613 g/mol. The quantitative estimate of drug-likeness (QED) is 0.115. The van der Waals surface area contributed by atoms with Crippen LogP contribution in [0.1, 0.15) is 16.8 Å². The van der Waals surface area contributed by atoms with Gasteiger partial charge in [0, 0.05) is 12.1 Å². The zero-order chi connectivity index (χ0) is 31.3. The van der Waals surface area contributed by atoms with Crippen LogP contribution >= 0.6 is 0 Å². The molecule has 0 atom stereocenters. The van der Waals surface area contributed by atoms with E-state index in [0.717, 1.165) is 12.1 Å². The maximum atomic E-state index is 13.8. The molecule has 5 nitrogen and oxygen atoms in total. The molecule has 22 heteroatoms. The number of rotatable bonds is 11. The fraction of sp³-hybridized carbons (Fsp3) is 0.588. The van der Waals surface area contributed by atoms with E-state index in [1.54, 1.807) is 0 Å². The number of ether oxygens (including phenoxy) is 1. The van der Waals surface area contributed by atoms with Crippen molar-refractivity contribution < 1.29 is 89.1 Å². The first-order chi connectivity index (χ1) is 17.0. The van der Waals surface area contributed by atoms with E-state index >= 15 is 0 Å². The molecule has 0 fully saturated rings. The van der Waals surface area contributed by atoms with Crippen LogP contribution in [0.25, 0.3) is 0 Å². The van der Waals surface area contributed by atoms with E-state index in [1.807, 2.05) is 0 Å². The normalized spacial score (nSPS) is 14.8. The SMILES string of the molecule is O=C(OCCC(F)(F)C(F)(F)C(F)(F)C(F)(F)C(F)(F)C(F)(F)C(F)(F)C(F)(F)F)c1cccc([N+](=O)[O-])c1. The Hall–Kier alpha value is -3.10. The lowest BCUT2D eigenvalue weighted by molar-refractivity contribution is -0.461. The molecule has 1 aromatic rings. The number of hydrogen-bond acceptors (Lipinski definition) is 4. The molecule has 224 valence electrons. The second-order valence-electron chi connectivity index (χ2n) is 7.34. The summed E-state index contributed by atoms with van der Waals surface area (Å²) in [7, 11) is 0. The highest BCUT2D eigenvalue weighted by atomic mass is 19.4. The summed E-state index contributed by atoms with van der Waals surface area (Å²) in [6.45, 7) is -2.16. The van der Waals surface area contributed by atoms with E-state index in [4.69, 9.17) is 0 Å². The van der Waals surface area contributed by atoms with Gasteiger partial charge in [-0.25, -0.2) is 4.79 Å². The minimum absolute atomic E-state index is 0.419. The van der Waals surface area contributed by atoms with Crippen LogP contribution in [-0.4, -0.2) is 65.1 Å². The molecular formula is C17H8F17NO4. The second kappa shape index (κ2) is 9.82. The predicted molar refractivity (Wildman–Crippen MR) is 88.7 cm³/mol. The van der Waals surface area contributed by atoms with Crippen LogP contribution in [0.3, 0.4) is 0 Å². The van der Waals surface area contributed by atoms with Gasteiger partial charge in [-0.05, 0) is 6.07 Å². The van der Waals surface area contributed by atoms with Gasteiger partial charge < -0.3 is 4.74 Å². The lowest BCUT2D eigenvalue weighted by atomic mass is 9.88. The van der Waals surface area contributed by atoms with Gasteiger partial charge in [-0.1, -0.05) is 6.07 Å². The van der Waals surface area contributed by atoms with Crippen LogP contribution in [0.15, 0.2) is 24.3 Å². The standard InChI is InChI=1S/C17H8F17NO4/c18-10(19,4-5-39-9(36)7-2-1-3-8(6-7)35(37)38)11(20,21)12(22,23)13(24,25)14(26,27)15(28,29)16(30,31)17(32,33)34/h1-3,6H,4-5H2. The number of non-ortho nitro benzene ring substituents is 1.